The van der Waals surface area contributed by atoms with Gasteiger partial charge in [0.25, 0.3) is 0 Å². The molecule has 3 aliphatic rings. The van der Waals surface area contributed by atoms with Gasteiger partial charge in [0.1, 0.15) is 5.78 Å². The number of nitrogens with zero attached hydrogens (tertiary/aromatic N) is 1. The maximum Gasteiger partial charge on any atom is 0.227 e. The lowest BCUT2D eigenvalue weighted by atomic mass is 9.67. The van der Waals surface area contributed by atoms with E-state index in [4.69, 9.17) is 0 Å². The summed E-state index contributed by atoms with van der Waals surface area (Å²) in [7, 11) is 0. The van der Waals surface area contributed by atoms with Crippen molar-refractivity contribution in [3.63, 3.8) is 0 Å². The molecule has 0 radical (unpaired) electrons. The highest BCUT2D eigenvalue weighted by Gasteiger charge is 2.41. The Morgan fingerprint density at radius 1 is 0.923 bits per heavy atom. The zero-order chi connectivity index (χ0) is 17.9. The highest BCUT2D eigenvalue weighted by atomic mass is 16.2. The molecule has 1 N–H and O–H groups in total. The highest BCUT2D eigenvalue weighted by Crippen LogP contribution is 2.40. The van der Waals surface area contributed by atoms with Crippen molar-refractivity contribution < 1.29 is 9.59 Å². The van der Waals surface area contributed by atoms with Crippen LogP contribution in [-0.2, 0) is 9.59 Å². The molecule has 1 aromatic rings. The predicted molar refractivity (Wildman–Crippen MR) is 104 cm³/mol. The lowest BCUT2D eigenvalue weighted by molar-refractivity contribution is -0.136. The molecule has 1 unspecified atom stereocenters. The number of hydrogen-bond donors (Lipinski definition) is 1. The van der Waals surface area contributed by atoms with Crippen LogP contribution in [0.3, 0.4) is 0 Å². The average molecular weight is 354 g/mol. The topological polar surface area (TPSA) is 49.4 Å². The average Bonchev–Trinajstić information content (AvgIpc) is 2.91. The maximum absolute atomic E-state index is 13.0. The van der Waals surface area contributed by atoms with Crippen LogP contribution in [-0.4, -0.2) is 24.8 Å². The maximum atomic E-state index is 13.0. The molecule has 4 rings (SSSR count). The van der Waals surface area contributed by atoms with E-state index in [0.29, 0.717) is 5.78 Å². The van der Waals surface area contributed by atoms with E-state index in [1.54, 1.807) is 0 Å². The molecular weight excluding hydrogens is 324 g/mol. The van der Waals surface area contributed by atoms with Crippen LogP contribution in [0.15, 0.2) is 24.3 Å². The highest BCUT2D eigenvalue weighted by molar-refractivity contribution is 5.97. The third-order valence-electron chi connectivity index (χ3n) is 6.53. The first-order valence-corrected chi connectivity index (χ1v) is 10.4. The van der Waals surface area contributed by atoms with Gasteiger partial charge in [-0.15, -0.1) is 0 Å². The summed E-state index contributed by atoms with van der Waals surface area (Å²) in [4.78, 5) is 27.7. The fraction of sp³-hybridized carbons (Fsp3) is 0.636. The number of anilines is 2. The number of rotatable bonds is 3. The molecule has 1 saturated heterocycles. The van der Waals surface area contributed by atoms with Crippen LogP contribution < -0.4 is 10.2 Å². The second-order valence-electron chi connectivity index (χ2n) is 8.30. The van der Waals surface area contributed by atoms with Crippen molar-refractivity contribution in [3.05, 3.63) is 24.3 Å². The van der Waals surface area contributed by atoms with E-state index in [0.717, 1.165) is 56.6 Å². The van der Waals surface area contributed by atoms with E-state index in [1.807, 2.05) is 12.1 Å². The molecule has 4 nitrogen and oxygen atoms in total. The predicted octanol–water partition coefficient (Wildman–Crippen LogP) is 4.40. The van der Waals surface area contributed by atoms with Gasteiger partial charge < -0.3 is 10.2 Å². The molecule has 4 heteroatoms. The molecule has 2 bridgehead atoms. The van der Waals surface area contributed by atoms with Crippen LogP contribution in [0, 0.1) is 17.8 Å². The number of Topliss-reactive ketones (excluding diaryl/α,β-unsaturated/α-hetero) is 1. The van der Waals surface area contributed by atoms with E-state index >= 15 is 0 Å². The third kappa shape index (κ3) is 3.65. The Hall–Kier alpha value is -1.84. The number of amides is 1. The molecule has 3 atom stereocenters. The zero-order valence-corrected chi connectivity index (χ0v) is 15.6. The van der Waals surface area contributed by atoms with Gasteiger partial charge in [0, 0.05) is 30.8 Å². The molecule has 1 heterocycles. The molecular formula is C22H30N2O2. The number of hydrogen-bond acceptors (Lipinski definition) is 3. The summed E-state index contributed by atoms with van der Waals surface area (Å²) in [5, 5.41) is 3.21. The van der Waals surface area contributed by atoms with Gasteiger partial charge in [0.2, 0.25) is 5.91 Å². The Balaban J connectivity index is 1.47. The minimum atomic E-state index is -0.0137. The molecule has 26 heavy (non-hydrogen) atoms. The van der Waals surface area contributed by atoms with Crippen LogP contribution in [0.2, 0.25) is 0 Å². The van der Waals surface area contributed by atoms with Gasteiger partial charge in [-0.05, 0) is 50.7 Å². The lowest BCUT2D eigenvalue weighted by Crippen LogP contribution is -2.40. The number of nitrogens with one attached hydrogen (secondary N) is 1. The normalized spacial score (nSPS) is 29.2. The Morgan fingerprint density at radius 3 is 2.27 bits per heavy atom. The summed E-state index contributed by atoms with van der Waals surface area (Å²) in [6.07, 6.45) is 9.61. The number of para-hydroxylation sites is 2. The van der Waals surface area contributed by atoms with Gasteiger partial charge in [-0.3, -0.25) is 9.59 Å². The fourth-order valence-electron chi connectivity index (χ4n) is 5.10. The van der Waals surface area contributed by atoms with E-state index in [9.17, 15) is 9.59 Å². The van der Waals surface area contributed by atoms with E-state index in [2.05, 4.69) is 22.3 Å². The van der Waals surface area contributed by atoms with E-state index < -0.39 is 0 Å². The van der Waals surface area contributed by atoms with E-state index in [1.165, 1.54) is 25.7 Å². The SMILES string of the molecule is O=C(Nc1ccccc1N1CCCCCC1)C1C[C@H]2CCC[C@@H](C1)C2=O. The van der Waals surface area contributed by atoms with Gasteiger partial charge in [-0.1, -0.05) is 31.4 Å². The molecule has 0 aromatic heterocycles. The molecule has 2 saturated carbocycles. The molecule has 0 spiro atoms. The number of carbonyl (C=O) groups excluding carboxylic acids is 2. The van der Waals surface area contributed by atoms with Crippen LogP contribution in [0.5, 0.6) is 0 Å². The second kappa shape index (κ2) is 7.81. The van der Waals surface area contributed by atoms with Crippen LogP contribution in [0.1, 0.15) is 57.8 Å². The summed E-state index contributed by atoms with van der Waals surface area (Å²) in [5.74, 6) is 0.764. The molecule has 2 aliphatic carbocycles. The van der Waals surface area contributed by atoms with Gasteiger partial charge in [0.15, 0.2) is 0 Å². The molecule has 1 aliphatic heterocycles. The van der Waals surface area contributed by atoms with Crippen LogP contribution >= 0.6 is 0 Å². The summed E-state index contributed by atoms with van der Waals surface area (Å²) in [6, 6.07) is 8.20. The number of fused-ring (bicyclic) bond motifs is 2. The van der Waals surface area contributed by atoms with Crippen molar-refractivity contribution in [3.8, 4) is 0 Å². The van der Waals surface area contributed by atoms with Crippen molar-refractivity contribution >= 4 is 23.1 Å². The summed E-state index contributed by atoms with van der Waals surface area (Å²) < 4.78 is 0. The molecule has 3 fully saturated rings. The van der Waals surface area contributed by atoms with E-state index in [-0.39, 0.29) is 23.7 Å². The smallest absolute Gasteiger partial charge is 0.227 e. The molecule has 1 amide bonds. The number of benzene rings is 1. The first kappa shape index (κ1) is 17.6. The largest absolute Gasteiger partial charge is 0.370 e. The Kier molecular flexibility index (Phi) is 5.28. The Labute approximate surface area is 156 Å². The van der Waals surface area contributed by atoms with Crippen LogP contribution in [0.4, 0.5) is 11.4 Å². The number of carbonyl (C=O) groups is 2. The molecule has 140 valence electrons. The summed E-state index contributed by atoms with van der Waals surface area (Å²) in [5.41, 5.74) is 2.08. The Bertz CT molecular complexity index is 648. The standard InChI is InChI=1S/C22H30N2O2/c25-21-16-8-7-9-17(21)15-18(14-16)22(26)23-19-10-3-4-11-20(19)24-12-5-1-2-6-13-24/h3-4,10-11,16-18H,1-2,5-9,12-15H2,(H,23,26)/t16-,17+,18?. The van der Waals surface area contributed by atoms with Crippen molar-refractivity contribution in [1.29, 1.82) is 0 Å². The van der Waals surface area contributed by atoms with Gasteiger partial charge in [-0.2, -0.15) is 0 Å². The monoisotopic (exact) mass is 354 g/mol. The zero-order valence-electron chi connectivity index (χ0n) is 15.6. The van der Waals surface area contributed by atoms with Crippen molar-refractivity contribution in [2.45, 2.75) is 57.8 Å². The number of ketones is 1. The van der Waals surface area contributed by atoms with Gasteiger partial charge >= 0.3 is 0 Å². The summed E-state index contributed by atoms with van der Waals surface area (Å²) in [6.45, 7) is 2.13. The van der Waals surface area contributed by atoms with Crippen LogP contribution in [0.25, 0.3) is 0 Å². The van der Waals surface area contributed by atoms with Crippen molar-refractivity contribution in [2.24, 2.45) is 17.8 Å². The van der Waals surface area contributed by atoms with Gasteiger partial charge in [-0.25, -0.2) is 0 Å². The van der Waals surface area contributed by atoms with Crippen molar-refractivity contribution in [2.75, 3.05) is 23.3 Å². The summed E-state index contributed by atoms with van der Waals surface area (Å²) >= 11 is 0. The minimum absolute atomic E-state index is 0.0137. The Morgan fingerprint density at radius 2 is 1.58 bits per heavy atom. The quantitative estimate of drug-likeness (QED) is 0.875. The first-order valence-electron chi connectivity index (χ1n) is 10.4. The molecule has 1 aromatic carbocycles. The van der Waals surface area contributed by atoms with Crippen molar-refractivity contribution in [1.82, 2.24) is 0 Å². The minimum Gasteiger partial charge on any atom is -0.370 e. The second-order valence-corrected chi connectivity index (χ2v) is 8.30. The fourth-order valence-corrected chi connectivity index (χ4v) is 5.10. The van der Waals surface area contributed by atoms with Gasteiger partial charge in [0.05, 0.1) is 11.4 Å². The first-order chi connectivity index (χ1) is 12.7. The third-order valence-corrected chi connectivity index (χ3v) is 6.53. The lowest BCUT2D eigenvalue weighted by Gasteiger charge is -2.37.